The van der Waals surface area contributed by atoms with Crippen LogP contribution in [-0.4, -0.2) is 31.5 Å². The number of carbonyl (C=O) groups is 2. The van der Waals surface area contributed by atoms with Crippen molar-refractivity contribution < 1.29 is 14.3 Å². The van der Waals surface area contributed by atoms with Gasteiger partial charge in [0.1, 0.15) is 5.75 Å². The summed E-state index contributed by atoms with van der Waals surface area (Å²) in [6.45, 7) is 2.31. The summed E-state index contributed by atoms with van der Waals surface area (Å²) >= 11 is 0. The lowest BCUT2D eigenvalue weighted by Crippen LogP contribution is -2.32. The predicted octanol–water partition coefficient (Wildman–Crippen LogP) is 1.53. The number of nitrogens with two attached hydrogens (primary N) is 1. The van der Waals surface area contributed by atoms with E-state index in [4.69, 9.17) is 10.5 Å². The summed E-state index contributed by atoms with van der Waals surface area (Å²) in [5, 5.41) is 2.70. The second-order valence-electron chi connectivity index (χ2n) is 4.81. The molecular weight excluding hydrogens is 294 g/mol. The number of ether oxygens (including phenoxy) is 1. The number of nitrogens with zero attached hydrogens (tertiary/aromatic N) is 1. The Morgan fingerprint density at radius 3 is 2.71 bits per heavy atom. The number of methoxy groups -OCH3 is 1. The molecule has 0 saturated carbocycles. The Morgan fingerprint density at radius 1 is 1.48 bits per heavy atom. The van der Waals surface area contributed by atoms with Crippen LogP contribution in [0.2, 0.25) is 0 Å². The standard InChI is InChI=1S/C14H19N3O3.ClH/c1-9(15)14(19)16-10-5-6-11(12(8-10)20-2)17-7-3-4-13(17)18;/h5-6,8-9H,3-4,7,15H2,1-2H3,(H,16,19);1H/t9-;/m0./s1. The normalized spacial score (nSPS) is 15.4. The van der Waals surface area contributed by atoms with Gasteiger partial charge in [-0.25, -0.2) is 0 Å². The van der Waals surface area contributed by atoms with Crippen molar-refractivity contribution in [2.75, 3.05) is 23.9 Å². The van der Waals surface area contributed by atoms with Crippen molar-refractivity contribution in [3.8, 4) is 5.75 Å². The van der Waals surface area contributed by atoms with Gasteiger partial charge in [0, 0.05) is 24.7 Å². The van der Waals surface area contributed by atoms with Gasteiger partial charge in [-0.1, -0.05) is 0 Å². The van der Waals surface area contributed by atoms with Crippen molar-refractivity contribution in [1.82, 2.24) is 0 Å². The highest BCUT2D eigenvalue weighted by Gasteiger charge is 2.24. The second kappa shape index (κ2) is 7.28. The molecule has 1 atom stereocenters. The van der Waals surface area contributed by atoms with Crippen LogP contribution in [0.15, 0.2) is 18.2 Å². The van der Waals surface area contributed by atoms with Gasteiger partial charge in [-0.05, 0) is 25.5 Å². The highest BCUT2D eigenvalue weighted by atomic mass is 35.5. The molecule has 7 heteroatoms. The quantitative estimate of drug-likeness (QED) is 0.883. The molecule has 2 amide bonds. The lowest BCUT2D eigenvalue weighted by molar-refractivity contribution is -0.117. The molecule has 1 fully saturated rings. The average molecular weight is 314 g/mol. The number of anilines is 2. The van der Waals surface area contributed by atoms with E-state index in [1.165, 1.54) is 7.11 Å². The van der Waals surface area contributed by atoms with Crippen LogP contribution in [0.4, 0.5) is 11.4 Å². The zero-order valence-electron chi connectivity index (χ0n) is 12.1. The molecule has 1 aliphatic heterocycles. The molecule has 0 radical (unpaired) electrons. The fraction of sp³-hybridized carbons (Fsp3) is 0.429. The van der Waals surface area contributed by atoms with E-state index in [-0.39, 0.29) is 24.2 Å². The number of hydrogen-bond acceptors (Lipinski definition) is 4. The second-order valence-corrected chi connectivity index (χ2v) is 4.81. The number of hydrogen-bond donors (Lipinski definition) is 2. The minimum absolute atomic E-state index is 0. The third-order valence-electron chi connectivity index (χ3n) is 3.23. The van der Waals surface area contributed by atoms with Crippen LogP contribution in [-0.2, 0) is 9.59 Å². The first-order valence-electron chi connectivity index (χ1n) is 6.58. The van der Waals surface area contributed by atoms with Crippen molar-refractivity contribution in [2.45, 2.75) is 25.8 Å². The number of amides is 2. The van der Waals surface area contributed by atoms with Crippen molar-refractivity contribution in [3.63, 3.8) is 0 Å². The van der Waals surface area contributed by atoms with Gasteiger partial charge in [-0.3, -0.25) is 9.59 Å². The number of carbonyl (C=O) groups excluding carboxylic acids is 2. The summed E-state index contributed by atoms with van der Waals surface area (Å²) in [6.07, 6.45) is 1.41. The van der Waals surface area contributed by atoms with E-state index >= 15 is 0 Å². The molecular formula is C14H20ClN3O3. The fourth-order valence-electron chi connectivity index (χ4n) is 2.14. The van der Waals surface area contributed by atoms with Crippen molar-refractivity contribution >= 4 is 35.6 Å². The van der Waals surface area contributed by atoms with Crippen LogP contribution in [0.25, 0.3) is 0 Å². The van der Waals surface area contributed by atoms with Crippen LogP contribution < -0.4 is 20.7 Å². The van der Waals surface area contributed by atoms with E-state index < -0.39 is 6.04 Å². The predicted molar refractivity (Wildman–Crippen MR) is 84.1 cm³/mol. The van der Waals surface area contributed by atoms with Gasteiger partial charge in [-0.2, -0.15) is 0 Å². The number of benzene rings is 1. The van der Waals surface area contributed by atoms with Crippen molar-refractivity contribution in [2.24, 2.45) is 5.73 Å². The summed E-state index contributed by atoms with van der Waals surface area (Å²) in [5.74, 6) is 0.385. The van der Waals surface area contributed by atoms with Gasteiger partial charge in [0.2, 0.25) is 11.8 Å². The first-order valence-corrected chi connectivity index (χ1v) is 6.58. The van der Waals surface area contributed by atoms with E-state index in [0.717, 1.165) is 12.1 Å². The molecule has 6 nitrogen and oxygen atoms in total. The van der Waals surface area contributed by atoms with E-state index in [1.807, 2.05) is 0 Å². The van der Waals surface area contributed by atoms with Gasteiger partial charge in [0.25, 0.3) is 0 Å². The first kappa shape index (κ1) is 17.3. The SMILES string of the molecule is COc1cc(NC(=O)[C@H](C)N)ccc1N1CCCC1=O.Cl. The van der Waals surface area contributed by atoms with Gasteiger partial charge in [-0.15, -0.1) is 12.4 Å². The summed E-state index contributed by atoms with van der Waals surface area (Å²) < 4.78 is 5.31. The zero-order valence-corrected chi connectivity index (χ0v) is 12.9. The Balaban J connectivity index is 0.00000220. The Kier molecular flexibility index (Phi) is 5.99. The van der Waals surface area contributed by atoms with Crippen LogP contribution >= 0.6 is 12.4 Å². The summed E-state index contributed by atoms with van der Waals surface area (Å²) in [6, 6.07) is 4.63. The van der Waals surface area contributed by atoms with Gasteiger partial charge in [0.05, 0.1) is 18.8 Å². The van der Waals surface area contributed by atoms with Crippen LogP contribution in [0, 0.1) is 0 Å². The molecule has 1 saturated heterocycles. The molecule has 1 heterocycles. The third kappa shape index (κ3) is 3.86. The molecule has 0 aromatic heterocycles. The topological polar surface area (TPSA) is 84.7 Å². The first-order chi connectivity index (χ1) is 9.52. The molecule has 21 heavy (non-hydrogen) atoms. The molecule has 116 valence electrons. The molecule has 1 aliphatic rings. The van der Waals surface area contributed by atoms with Gasteiger partial charge < -0.3 is 20.7 Å². The fourth-order valence-corrected chi connectivity index (χ4v) is 2.14. The molecule has 0 bridgehead atoms. The minimum Gasteiger partial charge on any atom is -0.494 e. The van der Waals surface area contributed by atoms with Gasteiger partial charge >= 0.3 is 0 Å². The molecule has 0 unspecified atom stereocenters. The van der Waals surface area contributed by atoms with Gasteiger partial charge in [0.15, 0.2) is 0 Å². The average Bonchev–Trinajstić information content (AvgIpc) is 2.84. The molecule has 0 aliphatic carbocycles. The number of rotatable bonds is 4. The lowest BCUT2D eigenvalue weighted by Gasteiger charge is -2.20. The molecule has 3 N–H and O–H groups in total. The van der Waals surface area contributed by atoms with Crippen LogP contribution in [0.5, 0.6) is 5.75 Å². The smallest absolute Gasteiger partial charge is 0.241 e. The minimum atomic E-state index is -0.583. The van der Waals surface area contributed by atoms with E-state index in [0.29, 0.717) is 24.4 Å². The zero-order chi connectivity index (χ0) is 14.7. The summed E-state index contributed by atoms with van der Waals surface area (Å²) in [7, 11) is 1.54. The highest BCUT2D eigenvalue weighted by Crippen LogP contribution is 2.33. The Labute approximate surface area is 130 Å². The number of nitrogens with one attached hydrogen (secondary N) is 1. The Hall–Kier alpha value is -1.79. The maximum absolute atomic E-state index is 11.8. The van der Waals surface area contributed by atoms with E-state index in [2.05, 4.69) is 5.32 Å². The maximum atomic E-state index is 11.8. The van der Waals surface area contributed by atoms with Crippen LogP contribution in [0.1, 0.15) is 19.8 Å². The largest absolute Gasteiger partial charge is 0.494 e. The van der Waals surface area contributed by atoms with E-state index in [9.17, 15) is 9.59 Å². The Morgan fingerprint density at radius 2 is 2.19 bits per heavy atom. The highest BCUT2D eigenvalue weighted by molar-refractivity contribution is 5.98. The molecule has 2 rings (SSSR count). The molecule has 1 aromatic rings. The monoisotopic (exact) mass is 313 g/mol. The summed E-state index contributed by atoms with van der Waals surface area (Å²) in [4.78, 5) is 25.0. The summed E-state index contributed by atoms with van der Waals surface area (Å²) in [5.41, 5.74) is 6.83. The lowest BCUT2D eigenvalue weighted by atomic mass is 10.2. The van der Waals surface area contributed by atoms with Crippen LogP contribution in [0.3, 0.4) is 0 Å². The van der Waals surface area contributed by atoms with Crippen molar-refractivity contribution in [1.29, 1.82) is 0 Å². The number of halogens is 1. The third-order valence-corrected chi connectivity index (χ3v) is 3.23. The van der Waals surface area contributed by atoms with Crippen molar-refractivity contribution in [3.05, 3.63) is 18.2 Å². The molecule has 0 spiro atoms. The van der Waals surface area contributed by atoms with E-state index in [1.54, 1.807) is 30.0 Å². The maximum Gasteiger partial charge on any atom is 0.241 e. The Bertz CT molecular complexity index is 534. The molecule has 1 aromatic carbocycles.